The topological polar surface area (TPSA) is 63.1 Å². The molecular formula is C13H16N2O2S. The molecule has 0 bridgehead atoms. The Morgan fingerprint density at radius 1 is 1.33 bits per heavy atom. The first kappa shape index (κ1) is 12.0. The number of aromatic nitrogens is 2. The highest BCUT2D eigenvalue weighted by Gasteiger charge is 2.31. The van der Waals surface area contributed by atoms with Gasteiger partial charge in [-0.1, -0.05) is 6.42 Å². The van der Waals surface area contributed by atoms with Crippen LogP contribution in [-0.4, -0.2) is 26.8 Å². The zero-order valence-electron chi connectivity index (χ0n) is 10.1. The van der Waals surface area contributed by atoms with Crippen molar-refractivity contribution in [1.82, 2.24) is 9.97 Å². The van der Waals surface area contributed by atoms with Crippen LogP contribution in [0, 0.1) is 0 Å². The fraction of sp³-hybridized carbons (Fsp3) is 0.615. The highest BCUT2D eigenvalue weighted by molar-refractivity contribution is 7.99. The third kappa shape index (κ3) is 2.36. The van der Waals surface area contributed by atoms with Crippen molar-refractivity contribution in [2.45, 2.75) is 43.3 Å². The molecule has 2 fully saturated rings. The number of carboxylic acids is 1. The van der Waals surface area contributed by atoms with Crippen molar-refractivity contribution in [3.05, 3.63) is 23.3 Å². The van der Waals surface area contributed by atoms with E-state index in [1.54, 1.807) is 0 Å². The second-order valence-electron chi connectivity index (χ2n) is 4.96. The van der Waals surface area contributed by atoms with Gasteiger partial charge >= 0.3 is 5.97 Å². The van der Waals surface area contributed by atoms with E-state index in [0.29, 0.717) is 16.7 Å². The molecule has 18 heavy (non-hydrogen) atoms. The molecule has 0 spiro atoms. The molecule has 1 saturated carbocycles. The van der Waals surface area contributed by atoms with Gasteiger partial charge in [0.2, 0.25) is 0 Å². The Kier molecular flexibility index (Phi) is 3.24. The van der Waals surface area contributed by atoms with Gasteiger partial charge in [0.15, 0.2) is 0 Å². The normalized spacial score (nSPS) is 23.9. The lowest BCUT2D eigenvalue weighted by Crippen LogP contribution is -2.12. The molecule has 2 aliphatic rings. The zero-order valence-corrected chi connectivity index (χ0v) is 10.9. The van der Waals surface area contributed by atoms with Crippen molar-refractivity contribution in [2.75, 3.05) is 5.75 Å². The van der Waals surface area contributed by atoms with Gasteiger partial charge in [-0.3, -0.25) is 0 Å². The molecule has 0 amide bonds. The molecule has 0 aromatic carbocycles. The molecule has 1 saturated heterocycles. The number of thioether (sulfide) groups is 1. The van der Waals surface area contributed by atoms with E-state index in [4.69, 9.17) is 5.11 Å². The lowest BCUT2D eigenvalue weighted by molar-refractivity contribution is 0.0694. The summed E-state index contributed by atoms with van der Waals surface area (Å²) < 4.78 is 0. The molecule has 1 atom stereocenters. The molecule has 5 heteroatoms. The summed E-state index contributed by atoms with van der Waals surface area (Å²) in [5, 5.41) is 9.52. The maximum absolute atomic E-state index is 11.2. The van der Waals surface area contributed by atoms with Crippen molar-refractivity contribution < 1.29 is 9.90 Å². The predicted octanol–water partition coefficient (Wildman–Crippen LogP) is 3.01. The molecule has 1 unspecified atom stereocenters. The number of nitrogens with zero attached hydrogens (tertiary/aromatic N) is 2. The minimum Gasteiger partial charge on any atom is -0.478 e. The highest BCUT2D eigenvalue weighted by Crippen LogP contribution is 2.42. The molecule has 2 heterocycles. The van der Waals surface area contributed by atoms with E-state index >= 15 is 0 Å². The van der Waals surface area contributed by atoms with E-state index in [0.717, 1.165) is 36.5 Å². The van der Waals surface area contributed by atoms with Crippen LogP contribution >= 0.6 is 11.8 Å². The number of aromatic carboxylic acids is 1. The van der Waals surface area contributed by atoms with Crippen LogP contribution < -0.4 is 0 Å². The van der Waals surface area contributed by atoms with Gasteiger partial charge in [0.05, 0.1) is 16.5 Å². The molecular weight excluding hydrogens is 248 g/mol. The van der Waals surface area contributed by atoms with E-state index < -0.39 is 5.97 Å². The summed E-state index contributed by atoms with van der Waals surface area (Å²) in [4.78, 5) is 20.0. The van der Waals surface area contributed by atoms with Crippen LogP contribution in [0.5, 0.6) is 0 Å². The van der Waals surface area contributed by atoms with Crippen molar-refractivity contribution in [3.63, 3.8) is 0 Å². The van der Waals surface area contributed by atoms with Gasteiger partial charge in [-0.05, 0) is 31.4 Å². The fourth-order valence-electron chi connectivity index (χ4n) is 2.34. The zero-order chi connectivity index (χ0) is 12.5. The Hall–Kier alpha value is -1.10. The SMILES string of the molecule is O=C(O)c1cnc(C2CCCCS2)nc1C1CC1. The van der Waals surface area contributed by atoms with Crippen molar-refractivity contribution >= 4 is 17.7 Å². The van der Waals surface area contributed by atoms with Gasteiger partial charge in [-0.2, -0.15) is 11.8 Å². The molecule has 96 valence electrons. The number of rotatable bonds is 3. The predicted molar refractivity (Wildman–Crippen MR) is 70.0 cm³/mol. The summed E-state index contributed by atoms with van der Waals surface area (Å²) in [5.41, 5.74) is 1.06. The fourth-order valence-corrected chi connectivity index (χ4v) is 3.59. The van der Waals surface area contributed by atoms with E-state index in [-0.39, 0.29) is 0 Å². The summed E-state index contributed by atoms with van der Waals surface area (Å²) >= 11 is 1.90. The quantitative estimate of drug-likeness (QED) is 0.909. The van der Waals surface area contributed by atoms with Crippen LogP contribution in [0.15, 0.2) is 6.20 Å². The Morgan fingerprint density at radius 2 is 2.17 bits per heavy atom. The van der Waals surface area contributed by atoms with E-state index in [1.165, 1.54) is 19.0 Å². The van der Waals surface area contributed by atoms with Crippen molar-refractivity contribution in [1.29, 1.82) is 0 Å². The van der Waals surface area contributed by atoms with E-state index in [1.807, 2.05) is 11.8 Å². The van der Waals surface area contributed by atoms with Gasteiger partial charge in [-0.15, -0.1) is 0 Å². The molecule has 1 aliphatic heterocycles. The lowest BCUT2D eigenvalue weighted by Gasteiger charge is -2.20. The summed E-state index contributed by atoms with van der Waals surface area (Å²) in [5.74, 6) is 1.45. The number of hydrogen-bond donors (Lipinski definition) is 1. The van der Waals surface area contributed by atoms with Gasteiger partial charge in [0, 0.05) is 12.1 Å². The Balaban J connectivity index is 1.91. The largest absolute Gasteiger partial charge is 0.478 e. The van der Waals surface area contributed by atoms with Gasteiger partial charge < -0.3 is 5.11 Å². The minimum atomic E-state index is -0.903. The molecule has 1 aromatic heterocycles. The molecule has 4 nitrogen and oxygen atoms in total. The van der Waals surface area contributed by atoms with Crippen molar-refractivity contribution in [2.24, 2.45) is 0 Å². The first-order valence-electron chi connectivity index (χ1n) is 6.47. The first-order valence-corrected chi connectivity index (χ1v) is 7.52. The van der Waals surface area contributed by atoms with E-state index in [2.05, 4.69) is 9.97 Å². The summed E-state index contributed by atoms with van der Waals surface area (Å²) in [6, 6.07) is 0. The third-order valence-electron chi connectivity index (χ3n) is 3.50. The van der Waals surface area contributed by atoms with Crippen LogP contribution in [-0.2, 0) is 0 Å². The summed E-state index contributed by atoms with van der Waals surface area (Å²) in [7, 11) is 0. The Labute approximate surface area is 110 Å². The van der Waals surface area contributed by atoms with Crippen LogP contribution in [0.2, 0.25) is 0 Å². The lowest BCUT2D eigenvalue weighted by atomic mass is 10.1. The smallest absolute Gasteiger partial charge is 0.339 e. The highest BCUT2D eigenvalue weighted by atomic mass is 32.2. The first-order chi connectivity index (χ1) is 8.75. The number of carbonyl (C=O) groups is 1. The molecule has 1 aromatic rings. The van der Waals surface area contributed by atoms with E-state index in [9.17, 15) is 4.79 Å². The summed E-state index contributed by atoms with van der Waals surface area (Å²) in [6.07, 6.45) is 7.24. The molecule has 3 rings (SSSR count). The standard InChI is InChI=1S/C13H16N2O2S/c16-13(17)9-7-14-12(10-3-1-2-6-18-10)15-11(9)8-4-5-8/h7-8,10H,1-6H2,(H,16,17). The minimum absolute atomic E-state index is 0.294. The molecule has 1 N–H and O–H groups in total. The second kappa shape index (κ2) is 4.88. The Bertz CT molecular complexity index is 468. The molecule has 0 radical (unpaired) electrons. The second-order valence-corrected chi connectivity index (χ2v) is 6.27. The summed E-state index contributed by atoms with van der Waals surface area (Å²) in [6.45, 7) is 0. The van der Waals surface area contributed by atoms with Gasteiger partial charge in [0.1, 0.15) is 5.82 Å². The maximum atomic E-state index is 11.2. The average Bonchev–Trinajstić information content (AvgIpc) is 3.23. The van der Waals surface area contributed by atoms with Crippen LogP contribution in [0.4, 0.5) is 0 Å². The average molecular weight is 264 g/mol. The van der Waals surface area contributed by atoms with Crippen LogP contribution in [0.25, 0.3) is 0 Å². The van der Waals surface area contributed by atoms with Crippen LogP contribution in [0.1, 0.15) is 65.1 Å². The number of carboxylic acid groups (broad SMARTS) is 1. The van der Waals surface area contributed by atoms with Crippen LogP contribution in [0.3, 0.4) is 0 Å². The van der Waals surface area contributed by atoms with Gasteiger partial charge in [-0.25, -0.2) is 14.8 Å². The Morgan fingerprint density at radius 3 is 2.78 bits per heavy atom. The van der Waals surface area contributed by atoms with Crippen molar-refractivity contribution in [3.8, 4) is 0 Å². The third-order valence-corrected chi connectivity index (χ3v) is 4.87. The van der Waals surface area contributed by atoms with Gasteiger partial charge in [0.25, 0.3) is 0 Å². The monoisotopic (exact) mass is 264 g/mol. The number of hydrogen-bond acceptors (Lipinski definition) is 4. The maximum Gasteiger partial charge on any atom is 0.339 e. The molecule has 1 aliphatic carbocycles.